The van der Waals surface area contributed by atoms with Crippen LogP contribution in [0.15, 0.2) is 46.8 Å². The molecule has 1 saturated carbocycles. The number of thiophene rings is 1. The first kappa shape index (κ1) is 19.4. The van der Waals surface area contributed by atoms with Crippen LogP contribution in [-0.2, 0) is 17.8 Å². The Hall–Kier alpha value is -2.34. The number of aliphatic imine (C=N–C) groups is 1. The number of carbonyl (C=O) groups is 1. The van der Waals surface area contributed by atoms with Gasteiger partial charge in [-0.3, -0.25) is 9.79 Å². The van der Waals surface area contributed by atoms with Crippen molar-refractivity contribution < 1.29 is 4.79 Å². The van der Waals surface area contributed by atoms with Gasteiger partial charge in [-0.15, -0.1) is 11.3 Å². The van der Waals surface area contributed by atoms with E-state index in [2.05, 4.69) is 51.2 Å². The molecule has 3 rings (SSSR count). The summed E-state index contributed by atoms with van der Waals surface area (Å²) in [7, 11) is 3.86. The van der Waals surface area contributed by atoms with E-state index in [1.165, 1.54) is 11.3 Å². The fourth-order valence-electron chi connectivity index (χ4n) is 3.08. The molecule has 6 heteroatoms. The standard InChI is InChI=1S/C21H28N4OS/c1-22-21(25(2)12-11-19-10-5-13-27-19)23-15-16-6-3-9-18(14-16)24-20(26)17-7-4-8-17/h3,5-6,9-10,13-14,17H,4,7-8,11-12,15H2,1-2H3,(H,22,23)(H,24,26). The van der Waals surface area contributed by atoms with E-state index in [0.717, 1.165) is 43.0 Å². The second-order valence-corrected chi connectivity index (χ2v) is 8.00. The molecule has 1 aromatic carbocycles. The Balaban J connectivity index is 1.50. The topological polar surface area (TPSA) is 56.7 Å². The number of carbonyl (C=O) groups excluding carboxylic acids is 1. The average molecular weight is 385 g/mol. The van der Waals surface area contributed by atoms with Crippen LogP contribution in [0.25, 0.3) is 0 Å². The molecule has 2 aromatic rings. The molecule has 0 bridgehead atoms. The lowest BCUT2D eigenvalue weighted by atomic mass is 9.85. The van der Waals surface area contributed by atoms with Crippen molar-refractivity contribution in [3.63, 3.8) is 0 Å². The summed E-state index contributed by atoms with van der Waals surface area (Å²) < 4.78 is 0. The van der Waals surface area contributed by atoms with E-state index in [4.69, 9.17) is 0 Å². The lowest BCUT2D eigenvalue weighted by Gasteiger charge is -2.24. The molecular weight excluding hydrogens is 356 g/mol. The molecule has 1 fully saturated rings. The zero-order valence-electron chi connectivity index (χ0n) is 16.1. The Morgan fingerprint density at radius 1 is 1.30 bits per heavy atom. The minimum Gasteiger partial charge on any atom is -0.352 e. The van der Waals surface area contributed by atoms with E-state index in [9.17, 15) is 4.79 Å². The third-order valence-corrected chi connectivity index (χ3v) is 5.90. The summed E-state index contributed by atoms with van der Waals surface area (Å²) in [5.41, 5.74) is 1.99. The first-order chi connectivity index (χ1) is 13.2. The fraction of sp³-hybridized carbons (Fsp3) is 0.429. The minimum absolute atomic E-state index is 0.149. The summed E-state index contributed by atoms with van der Waals surface area (Å²) >= 11 is 1.79. The molecule has 1 aliphatic rings. The highest BCUT2D eigenvalue weighted by Crippen LogP contribution is 2.27. The molecule has 0 radical (unpaired) electrons. The monoisotopic (exact) mass is 384 g/mol. The van der Waals surface area contributed by atoms with E-state index in [0.29, 0.717) is 6.54 Å². The zero-order chi connectivity index (χ0) is 19.1. The molecule has 0 atom stereocenters. The van der Waals surface area contributed by atoms with E-state index in [1.54, 1.807) is 18.4 Å². The lowest BCUT2D eigenvalue weighted by Crippen LogP contribution is -2.39. The highest BCUT2D eigenvalue weighted by atomic mass is 32.1. The van der Waals surface area contributed by atoms with Crippen LogP contribution in [0.5, 0.6) is 0 Å². The van der Waals surface area contributed by atoms with E-state index < -0.39 is 0 Å². The van der Waals surface area contributed by atoms with Crippen molar-refractivity contribution >= 4 is 28.9 Å². The van der Waals surface area contributed by atoms with Crippen LogP contribution < -0.4 is 10.6 Å². The summed E-state index contributed by atoms with van der Waals surface area (Å²) in [6.45, 7) is 1.58. The Labute approximate surface area is 165 Å². The fourth-order valence-corrected chi connectivity index (χ4v) is 3.78. The van der Waals surface area contributed by atoms with Gasteiger partial charge >= 0.3 is 0 Å². The van der Waals surface area contributed by atoms with Crippen molar-refractivity contribution in [3.8, 4) is 0 Å². The molecule has 2 N–H and O–H groups in total. The Bertz CT molecular complexity index is 768. The molecule has 1 heterocycles. The number of guanidine groups is 1. The van der Waals surface area contributed by atoms with E-state index in [1.807, 2.05) is 18.2 Å². The highest BCUT2D eigenvalue weighted by molar-refractivity contribution is 7.09. The van der Waals surface area contributed by atoms with E-state index in [-0.39, 0.29) is 11.8 Å². The average Bonchev–Trinajstić information content (AvgIpc) is 3.12. The van der Waals surface area contributed by atoms with Crippen molar-refractivity contribution in [2.75, 3.05) is 26.0 Å². The zero-order valence-corrected chi connectivity index (χ0v) is 16.9. The number of amides is 1. The predicted molar refractivity (Wildman–Crippen MR) is 113 cm³/mol. The summed E-state index contributed by atoms with van der Waals surface area (Å²) in [5, 5.41) is 8.56. The normalized spacial score (nSPS) is 14.5. The Kier molecular flexibility index (Phi) is 6.87. The smallest absolute Gasteiger partial charge is 0.227 e. The molecule has 0 spiro atoms. The van der Waals surface area contributed by atoms with Crippen molar-refractivity contribution in [2.24, 2.45) is 10.9 Å². The molecule has 0 saturated heterocycles. The van der Waals surface area contributed by atoms with Gasteiger partial charge in [0, 0.05) is 43.7 Å². The summed E-state index contributed by atoms with van der Waals surface area (Å²) in [5.74, 6) is 1.22. The van der Waals surface area contributed by atoms with Crippen LogP contribution in [-0.4, -0.2) is 37.4 Å². The lowest BCUT2D eigenvalue weighted by molar-refractivity contribution is -0.122. The number of anilines is 1. The Morgan fingerprint density at radius 2 is 2.15 bits per heavy atom. The van der Waals surface area contributed by atoms with Gasteiger partial charge in [0.05, 0.1) is 0 Å². The third kappa shape index (κ3) is 5.57. The van der Waals surface area contributed by atoms with Gasteiger partial charge in [0.2, 0.25) is 5.91 Å². The van der Waals surface area contributed by atoms with Crippen LogP contribution >= 0.6 is 11.3 Å². The van der Waals surface area contributed by atoms with Gasteiger partial charge in [-0.05, 0) is 48.4 Å². The van der Waals surface area contributed by atoms with Crippen molar-refractivity contribution in [2.45, 2.75) is 32.2 Å². The molecule has 0 unspecified atom stereocenters. The van der Waals surface area contributed by atoms with Crippen LogP contribution in [0.2, 0.25) is 0 Å². The summed E-state index contributed by atoms with van der Waals surface area (Å²) in [4.78, 5) is 20.0. The number of rotatable bonds is 7. The van der Waals surface area contributed by atoms with Crippen molar-refractivity contribution in [1.82, 2.24) is 10.2 Å². The van der Waals surface area contributed by atoms with E-state index >= 15 is 0 Å². The molecular formula is C21H28N4OS. The molecule has 144 valence electrons. The Morgan fingerprint density at radius 3 is 2.81 bits per heavy atom. The van der Waals surface area contributed by atoms with Gasteiger partial charge in [-0.25, -0.2) is 0 Å². The van der Waals surface area contributed by atoms with Crippen LogP contribution in [0.3, 0.4) is 0 Å². The van der Waals surface area contributed by atoms with Gasteiger partial charge in [-0.2, -0.15) is 0 Å². The van der Waals surface area contributed by atoms with Gasteiger partial charge in [0.15, 0.2) is 5.96 Å². The second kappa shape index (κ2) is 9.55. The summed E-state index contributed by atoms with van der Waals surface area (Å²) in [6, 6.07) is 12.3. The number of nitrogens with zero attached hydrogens (tertiary/aromatic N) is 2. The first-order valence-electron chi connectivity index (χ1n) is 9.49. The molecule has 1 amide bonds. The van der Waals surface area contributed by atoms with Gasteiger partial charge in [0.25, 0.3) is 0 Å². The minimum atomic E-state index is 0.149. The SMILES string of the molecule is CN=C(NCc1cccc(NC(=O)C2CCC2)c1)N(C)CCc1cccs1. The van der Waals surface area contributed by atoms with Crippen LogP contribution in [0.4, 0.5) is 5.69 Å². The first-order valence-corrected chi connectivity index (χ1v) is 10.4. The molecule has 5 nitrogen and oxygen atoms in total. The summed E-state index contributed by atoms with van der Waals surface area (Å²) in [6.07, 6.45) is 4.21. The van der Waals surface area contributed by atoms with Gasteiger partial charge < -0.3 is 15.5 Å². The molecule has 1 aliphatic carbocycles. The molecule has 0 aliphatic heterocycles. The largest absolute Gasteiger partial charge is 0.352 e. The predicted octanol–water partition coefficient (Wildman–Crippen LogP) is 3.74. The van der Waals surface area contributed by atoms with Crippen molar-refractivity contribution in [3.05, 3.63) is 52.2 Å². The quantitative estimate of drug-likeness (QED) is 0.565. The molecule has 1 aromatic heterocycles. The maximum absolute atomic E-state index is 12.1. The van der Waals surface area contributed by atoms with Gasteiger partial charge in [0.1, 0.15) is 0 Å². The number of nitrogens with one attached hydrogen (secondary N) is 2. The third-order valence-electron chi connectivity index (χ3n) is 4.97. The second-order valence-electron chi connectivity index (χ2n) is 6.97. The highest BCUT2D eigenvalue weighted by Gasteiger charge is 2.25. The van der Waals surface area contributed by atoms with Gasteiger partial charge in [-0.1, -0.05) is 24.6 Å². The number of hydrogen-bond donors (Lipinski definition) is 2. The van der Waals surface area contributed by atoms with Crippen LogP contribution in [0, 0.1) is 5.92 Å². The number of likely N-dealkylation sites (N-methyl/N-ethyl adjacent to an activating group) is 1. The molecule has 27 heavy (non-hydrogen) atoms. The number of benzene rings is 1. The van der Waals surface area contributed by atoms with Crippen molar-refractivity contribution in [1.29, 1.82) is 0 Å². The maximum Gasteiger partial charge on any atom is 0.227 e. The number of hydrogen-bond acceptors (Lipinski definition) is 3. The van der Waals surface area contributed by atoms with Crippen LogP contribution in [0.1, 0.15) is 29.7 Å². The maximum atomic E-state index is 12.1.